The third-order valence-electron chi connectivity index (χ3n) is 3.29. The molecule has 0 aliphatic heterocycles. The molecule has 0 aliphatic rings. The molecule has 0 saturated carbocycles. The SMILES string of the molecule is CC(C)Oc1ccc(Cl)cc1/C=C(\Sc1nc2ccccc2o1)C(=O)[O-]. The lowest BCUT2D eigenvalue weighted by Gasteiger charge is -2.14. The maximum absolute atomic E-state index is 11.6. The van der Waals surface area contributed by atoms with E-state index in [9.17, 15) is 9.90 Å². The Labute approximate surface area is 159 Å². The molecule has 2 aromatic carbocycles. The number of ether oxygens (including phenoxy) is 1. The monoisotopic (exact) mass is 388 g/mol. The highest BCUT2D eigenvalue weighted by molar-refractivity contribution is 8.03. The van der Waals surface area contributed by atoms with Crippen LogP contribution in [0, 0.1) is 0 Å². The number of rotatable bonds is 6. The van der Waals surface area contributed by atoms with Gasteiger partial charge < -0.3 is 19.1 Å². The number of aliphatic carboxylic acids is 1. The van der Waals surface area contributed by atoms with Gasteiger partial charge in [-0.3, -0.25) is 0 Å². The van der Waals surface area contributed by atoms with Gasteiger partial charge >= 0.3 is 0 Å². The van der Waals surface area contributed by atoms with Gasteiger partial charge in [0.25, 0.3) is 5.22 Å². The lowest BCUT2D eigenvalue weighted by Crippen LogP contribution is -2.23. The van der Waals surface area contributed by atoms with Crippen LogP contribution in [0.3, 0.4) is 0 Å². The molecule has 1 heterocycles. The molecule has 3 rings (SSSR count). The number of benzene rings is 2. The number of nitrogens with zero attached hydrogens (tertiary/aromatic N) is 1. The number of para-hydroxylation sites is 2. The minimum absolute atomic E-state index is 0.0626. The van der Waals surface area contributed by atoms with Gasteiger partial charge in [-0.15, -0.1) is 0 Å². The molecule has 0 atom stereocenters. The van der Waals surface area contributed by atoms with Crippen molar-refractivity contribution in [3.8, 4) is 5.75 Å². The van der Waals surface area contributed by atoms with Gasteiger partial charge in [-0.25, -0.2) is 4.98 Å². The summed E-state index contributed by atoms with van der Waals surface area (Å²) in [6.07, 6.45) is 1.37. The zero-order valence-electron chi connectivity index (χ0n) is 14.1. The third-order valence-corrected chi connectivity index (χ3v) is 4.38. The molecule has 0 amide bonds. The first-order valence-electron chi connectivity index (χ1n) is 7.85. The highest BCUT2D eigenvalue weighted by Gasteiger charge is 2.12. The summed E-state index contributed by atoms with van der Waals surface area (Å²) in [6, 6.07) is 12.2. The zero-order chi connectivity index (χ0) is 18.7. The first kappa shape index (κ1) is 18.4. The highest BCUT2D eigenvalue weighted by Crippen LogP contribution is 2.33. The van der Waals surface area contributed by atoms with Crippen molar-refractivity contribution in [3.05, 3.63) is 58.0 Å². The summed E-state index contributed by atoms with van der Waals surface area (Å²) < 4.78 is 11.3. The van der Waals surface area contributed by atoms with Gasteiger partial charge in [-0.2, -0.15) is 0 Å². The maximum atomic E-state index is 11.6. The van der Waals surface area contributed by atoms with Crippen molar-refractivity contribution in [1.29, 1.82) is 0 Å². The quantitative estimate of drug-likeness (QED) is 0.466. The first-order chi connectivity index (χ1) is 12.4. The number of fused-ring (bicyclic) bond motifs is 1. The van der Waals surface area contributed by atoms with Crippen LogP contribution in [-0.2, 0) is 4.79 Å². The lowest BCUT2D eigenvalue weighted by molar-refractivity contribution is -0.298. The molecule has 3 aromatic rings. The van der Waals surface area contributed by atoms with Crippen LogP contribution in [0.25, 0.3) is 17.2 Å². The number of hydrogen-bond donors (Lipinski definition) is 0. The van der Waals surface area contributed by atoms with E-state index in [-0.39, 0.29) is 16.2 Å². The van der Waals surface area contributed by atoms with Crippen LogP contribution in [0.5, 0.6) is 5.75 Å². The van der Waals surface area contributed by atoms with Crippen molar-refractivity contribution in [2.24, 2.45) is 0 Å². The van der Waals surface area contributed by atoms with Gasteiger partial charge in [0.15, 0.2) is 5.58 Å². The fourth-order valence-corrected chi connectivity index (χ4v) is 3.17. The van der Waals surface area contributed by atoms with Crippen molar-refractivity contribution in [2.75, 3.05) is 0 Å². The fraction of sp³-hybridized carbons (Fsp3) is 0.158. The molecular formula is C19H15ClNO4S-. The Morgan fingerprint density at radius 2 is 2.08 bits per heavy atom. The largest absolute Gasteiger partial charge is 0.544 e. The van der Waals surface area contributed by atoms with Crippen LogP contribution in [0.1, 0.15) is 19.4 Å². The van der Waals surface area contributed by atoms with Gasteiger partial charge in [-0.05, 0) is 62.0 Å². The lowest BCUT2D eigenvalue weighted by atomic mass is 10.2. The Hall–Kier alpha value is -2.44. The van der Waals surface area contributed by atoms with Crippen molar-refractivity contribution in [3.63, 3.8) is 0 Å². The standard InChI is InChI=1S/C19H16ClNO4S/c1-11(2)24-15-8-7-13(20)9-12(15)10-17(18(22)23)26-19-21-14-5-3-4-6-16(14)25-19/h3-11H,1-2H3,(H,22,23)/p-1/b17-10-. The number of aromatic nitrogens is 1. The minimum Gasteiger partial charge on any atom is -0.544 e. The Kier molecular flexibility index (Phi) is 5.54. The van der Waals surface area contributed by atoms with Crippen LogP contribution < -0.4 is 9.84 Å². The van der Waals surface area contributed by atoms with Crippen LogP contribution in [0.15, 0.2) is 57.0 Å². The minimum atomic E-state index is -1.34. The summed E-state index contributed by atoms with van der Waals surface area (Å²) in [5.74, 6) is -0.811. The molecule has 0 bridgehead atoms. The molecule has 134 valence electrons. The molecule has 0 aliphatic carbocycles. The van der Waals surface area contributed by atoms with Crippen molar-refractivity contribution >= 4 is 46.5 Å². The Balaban J connectivity index is 1.97. The molecule has 0 spiro atoms. The average Bonchev–Trinajstić information content (AvgIpc) is 2.98. The fourth-order valence-electron chi connectivity index (χ4n) is 2.25. The molecule has 5 nitrogen and oxygen atoms in total. The van der Waals surface area contributed by atoms with E-state index in [0.29, 0.717) is 27.4 Å². The zero-order valence-corrected chi connectivity index (χ0v) is 15.6. The second kappa shape index (κ2) is 7.85. The van der Waals surface area contributed by atoms with Gasteiger partial charge in [-0.1, -0.05) is 23.7 Å². The number of halogens is 1. The van der Waals surface area contributed by atoms with E-state index in [0.717, 1.165) is 11.8 Å². The predicted octanol–water partition coefficient (Wildman–Crippen LogP) is 4.15. The average molecular weight is 389 g/mol. The number of carbonyl (C=O) groups excluding carboxylic acids is 1. The number of oxazole rings is 1. The number of hydrogen-bond acceptors (Lipinski definition) is 6. The van der Waals surface area contributed by atoms with E-state index in [1.807, 2.05) is 26.0 Å². The molecule has 7 heteroatoms. The maximum Gasteiger partial charge on any atom is 0.261 e. The van der Waals surface area contributed by atoms with Crippen LogP contribution in [0.4, 0.5) is 0 Å². The normalized spacial score (nSPS) is 11.9. The summed E-state index contributed by atoms with van der Waals surface area (Å²) in [7, 11) is 0. The van der Waals surface area contributed by atoms with E-state index in [1.165, 1.54) is 6.08 Å². The summed E-state index contributed by atoms with van der Waals surface area (Å²) >= 11 is 6.92. The van der Waals surface area contributed by atoms with Crippen LogP contribution >= 0.6 is 23.4 Å². The smallest absolute Gasteiger partial charge is 0.261 e. The van der Waals surface area contributed by atoms with Crippen molar-refractivity contribution < 1.29 is 19.1 Å². The van der Waals surface area contributed by atoms with Gasteiger partial charge in [0.05, 0.1) is 12.1 Å². The van der Waals surface area contributed by atoms with Crippen molar-refractivity contribution in [1.82, 2.24) is 4.98 Å². The second-order valence-corrected chi connectivity index (χ2v) is 7.12. The van der Waals surface area contributed by atoms with Crippen LogP contribution in [0.2, 0.25) is 5.02 Å². The molecule has 0 unspecified atom stereocenters. The molecule has 0 radical (unpaired) electrons. The number of thioether (sulfide) groups is 1. The first-order valence-corrected chi connectivity index (χ1v) is 9.04. The predicted molar refractivity (Wildman–Crippen MR) is 100 cm³/mol. The van der Waals surface area contributed by atoms with Gasteiger partial charge in [0, 0.05) is 15.5 Å². The van der Waals surface area contributed by atoms with E-state index in [2.05, 4.69) is 4.98 Å². The Bertz CT molecular complexity index is 948. The van der Waals surface area contributed by atoms with E-state index >= 15 is 0 Å². The number of carbonyl (C=O) groups is 1. The number of carboxylic acid groups (broad SMARTS) is 1. The summed E-state index contributed by atoms with van der Waals surface area (Å²) in [5, 5.41) is 12.3. The van der Waals surface area contributed by atoms with E-state index in [4.69, 9.17) is 20.8 Å². The molecule has 0 saturated heterocycles. The summed E-state index contributed by atoms with van der Waals surface area (Å²) in [4.78, 5) is 15.8. The van der Waals surface area contributed by atoms with Crippen molar-refractivity contribution in [2.45, 2.75) is 25.2 Å². The highest BCUT2D eigenvalue weighted by atomic mass is 35.5. The van der Waals surface area contributed by atoms with Crippen LogP contribution in [-0.4, -0.2) is 17.1 Å². The number of carboxylic acids is 1. The summed E-state index contributed by atoms with van der Waals surface area (Å²) in [6.45, 7) is 3.77. The third kappa shape index (κ3) is 4.39. The topological polar surface area (TPSA) is 75.4 Å². The second-order valence-electron chi connectivity index (χ2n) is 5.69. The molecule has 1 aromatic heterocycles. The summed E-state index contributed by atoms with van der Waals surface area (Å²) in [5.41, 5.74) is 1.77. The van der Waals surface area contributed by atoms with Gasteiger partial charge in [0.1, 0.15) is 11.3 Å². The van der Waals surface area contributed by atoms with Gasteiger partial charge in [0.2, 0.25) is 0 Å². The Morgan fingerprint density at radius 1 is 1.31 bits per heavy atom. The molecule has 26 heavy (non-hydrogen) atoms. The molecule has 0 fully saturated rings. The molecule has 0 N–H and O–H groups in total. The van der Waals surface area contributed by atoms with E-state index < -0.39 is 5.97 Å². The van der Waals surface area contributed by atoms with E-state index in [1.54, 1.807) is 30.3 Å². The molecular weight excluding hydrogens is 374 g/mol. The Morgan fingerprint density at radius 3 is 2.77 bits per heavy atom.